The molecule has 2 saturated heterocycles. The highest BCUT2D eigenvalue weighted by molar-refractivity contribution is 7.99. The summed E-state index contributed by atoms with van der Waals surface area (Å²) in [6.45, 7) is 4.29. The molecule has 1 aromatic heterocycles. The Hall–Kier alpha value is -2.31. The number of thioether (sulfide) groups is 1. The van der Waals surface area contributed by atoms with Crippen molar-refractivity contribution in [2.24, 2.45) is 0 Å². The van der Waals surface area contributed by atoms with Gasteiger partial charge in [-0.15, -0.1) is 11.8 Å². The van der Waals surface area contributed by atoms with Gasteiger partial charge < -0.3 is 20.2 Å². The minimum Gasteiger partial charge on any atom is -0.390 e. The normalized spacial score (nSPS) is 20.8. The van der Waals surface area contributed by atoms with Gasteiger partial charge in [-0.25, -0.2) is 17.2 Å². The summed E-state index contributed by atoms with van der Waals surface area (Å²) in [5.41, 5.74) is 1.24. The first-order valence-corrected chi connectivity index (χ1v) is 19.0. The first-order valence-electron chi connectivity index (χ1n) is 16.1. The van der Waals surface area contributed by atoms with Gasteiger partial charge in [-0.05, 0) is 25.0 Å². The van der Waals surface area contributed by atoms with E-state index in [1.165, 1.54) is 23.4 Å². The summed E-state index contributed by atoms with van der Waals surface area (Å²) in [5.74, 6) is -2.52. The number of piperidine rings is 2. The number of sulfonamides is 1. The molecule has 0 bridgehead atoms. The number of aliphatic hydroxyl groups excluding tert-OH is 1. The van der Waals surface area contributed by atoms with E-state index in [2.05, 4.69) is 10.2 Å². The van der Waals surface area contributed by atoms with Crippen LogP contribution in [0.4, 0.5) is 22.0 Å². The molecule has 17 heteroatoms. The summed E-state index contributed by atoms with van der Waals surface area (Å²) in [4.78, 5) is 15.3. The summed E-state index contributed by atoms with van der Waals surface area (Å²) in [6.07, 6.45) is -3.04. The van der Waals surface area contributed by atoms with Crippen molar-refractivity contribution in [3.63, 3.8) is 0 Å². The van der Waals surface area contributed by atoms with Crippen molar-refractivity contribution in [2.45, 2.75) is 81.3 Å². The molecule has 1 amide bonds. The van der Waals surface area contributed by atoms with Gasteiger partial charge in [0.2, 0.25) is 15.9 Å². The molecule has 0 spiro atoms. The Balaban J connectivity index is 1.36. The summed E-state index contributed by atoms with van der Waals surface area (Å²) >= 11 is 1.000. The molecule has 3 aliphatic heterocycles. The molecule has 268 valence electrons. The quantitative estimate of drug-likeness (QED) is 0.267. The molecule has 10 nitrogen and oxygen atoms in total. The molecular formula is C31H43F5N6O4S2. The van der Waals surface area contributed by atoms with Crippen LogP contribution in [-0.4, -0.2) is 119 Å². The topological polar surface area (TPSA) is 111 Å². The number of hydrogen-bond donors (Lipinski definition) is 2. The highest BCUT2D eigenvalue weighted by atomic mass is 32.2. The van der Waals surface area contributed by atoms with Crippen LogP contribution < -0.4 is 5.32 Å². The smallest absolute Gasteiger partial charge is 0.390 e. The molecule has 1 aromatic carbocycles. The van der Waals surface area contributed by atoms with Crippen molar-refractivity contribution in [1.29, 1.82) is 0 Å². The highest BCUT2D eigenvalue weighted by Crippen LogP contribution is 2.40. The van der Waals surface area contributed by atoms with E-state index >= 15 is 0 Å². The predicted octanol–water partition coefficient (Wildman–Crippen LogP) is 3.67. The van der Waals surface area contributed by atoms with E-state index in [1.54, 1.807) is 4.68 Å². The van der Waals surface area contributed by atoms with Crippen LogP contribution in [0.2, 0.25) is 0 Å². The molecule has 3 aliphatic rings. The number of fused-ring (bicyclic) bond motifs is 1. The third kappa shape index (κ3) is 9.47. The van der Waals surface area contributed by atoms with Crippen LogP contribution in [0.1, 0.15) is 49.4 Å². The molecule has 0 saturated carbocycles. The van der Waals surface area contributed by atoms with E-state index in [1.807, 2.05) is 4.90 Å². The fourth-order valence-electron chi connectivity index (χ4n) is 6.65. The van der Waals surface area contributed by atoms with Gasteiger partial charge in [0.25, 0.3) is 5.92 Å². The third-order valence-electron chi connectivity index (χ3n) is 9.23. The lowest BCUT2D eigenvalue weighted by Gasteiger charge is -2.33. The van der Waals surface area contributed by atoms with Crippen molar-refractivity contribution in [2.75, 3.05) is 57.8 Å². The second-order valence-corrected chi connectivity index (χ2v) is 16.1. The minimum atomic E-state index is -4.62. The van der Waals surface area contributed by atoms with E-state index in [9.17, 15) is 40.3 Å². The Morgan fingerprint density at radius 1 is 1.10 bits per heavy atom. The van der Waals surface area contributed by atoms with Gasteiger partial charge in [0, 0.05) is 112 Å². The molecular weight excluding hydrogens is 680 g/mol. The largest absolute Gasteiger partial charge is 0.417 e. The molecule has 5 rings (SSSR count). The van der Waals surface area contributed by atoms with E-state index in [4.69, 9.17) is 5.10 Å². The Labute approximate surface area is 282 Å². The molecule has 1 atom stereocenters. The van der Waals surface area contributed by atoms with E-state index in [-0.39, 0.29) is 68.2 Å². The summed E-state index contributed by atoms with van der Waals surface area (Å²) in [7, 11) is -3.57. The van der Waals surface area contributed by atoms with Crippen molar-refractivity contribution >= 4 is 27.7 Å². The number of likely N-dealkylation sites (tertiary alicyclic amines) is 2. The summed E-state index contributed by atoms with van der Waals surface area (Å²) in [5, 5.41) is 18.8. The van der Waals surface area contributed by atoms with Crippen molar-refractivity contribution in [1.82, 2.24) is 29.2 Å². The van der Waals surface area contributed by atoms with Gasteiger partial charge >= 0.3 is 6.18 Å². The van der Waals surface area contributed by atoms with Crippen LogP contribution in [0.15, 0.2) is 23.1 Å². The number of aliphatic hydroxyl groups is 1. The number of nitrogens with one attached hydrogen (secondary N) is 1. The van der Waals surface area contributed by atoms with Gasteiger partial charge in [-0.3, -0.25) is 9.48 Å². The number of hydrogen-bond acceptors (Lipinski definition) is 8. The zero-order valence-electron chi connectivity index (χ0n) is 27.1. The van der Waals surface area contributed by atoms with Crippen molar-refractivity contribution < 1.29 is 40.3 Å². The SMILES string of the molecule is CC(=O)NC1CCN(C[C@H](O)Cn2nc(-c3ccc(C(F)(F)F)c(SCCN4CCC(F)(F)CC4)c3)c3c2CCN(S(C)(=O)=O)C3)CC1. The molecule has 48 heavy (non-hydrogen) atoms. The number of alkyl halides is 5. The number of halogens is 5. The maximum Gasteiger partial charge on any atom is 0.417 e. The maximum atomic E-state index is 14.1. The number of carbonyl (C=O) groups excluding carboxylic acids is 1. The zero-order valence-corrected chi connectivity index (χ0v) is 28.7. The molecule has 2 N–H and O–H groups in total. The Morgan fingerprint density at radius 2 is 1.79 bits per heavy atom. The Morgan fingerprint density at radius 3 is 2.42 bits per heavy atom. The zero-order chi connectivity index (χ0) is 34.9. The van der Waals surface area contributed by atoms with Crippen LogP contribution in [0.25, 0.3) is 11.3 Å². The summed E-state index contributed by atoms with van der Waals surface area (Å²) in [6, 6.07) is 3.85. The molecule has 0 aliphatic carbocycles. The van der Waals surface area contributed by atoms with Crippen LogP contribution in [0.3, 0.4) is 0 Å². The van der Waals surface area contributed by atoms with Crippen molar-refractivity contribution in [3.8, 4) is 11.3 Å². The molecule has 2 fully saturated rings. The van der Waals surface area contributed by atoms with Crippen LogP contribution in [-0.2, 0) is 40.5 Å². The molecule has 4 heterocycles. The Bertz CT molecular complexity index is 1550. The van der Waals surface area contributed by atoms with E-state index < -0.39 is 33.8 Å². The van der Waals surface area contributed by atoms with Crippen LogP contribution in [0.5, 0.6) is 0 Å². The summed E-state index contributed by atoms with van der Waals surface area (Å²) < 4.78 is 97.3. The lowest BCUT2D eigenvalue weighted by atomic mass is 10.0. The van der Waals surface area contributed by atoms with Gasteiger partial charge in [-0.1, -0.05) is 6.07 Å². The first-order chi connectivity index (χ1) is 22.5. The van der Waals surface area contributed by atoms with E-state index in [0.29, 0.717) is 49.4 Å². The number of carbonyl (C=O) groups is 1. The number of amides is 1. The second kappa shape index (κ2) is 14.9. The van der Waals surface area contributed by atoms with Gasteiger partial charge in [0.05, 0.1) is 30.2 Å². The maximum absolute atomic E-state index is 14.1. The average molecular weight is 723 g/mol. The standard InChI is InChI=1S/C31H43F5N6O4S2/c1-21(43)37-23-5-10-40(11-6-23)18-24(44)19-42-27-7-12-41(48(2,45)46)20-25(27)29(38-42)22-3-4-26(31(34,35)36)28(17-22)47-16-15-39-13-8-30(32,33)9-14-39/h3-4,17,23-24,44H,5-16,18-20H2,1-2H3,(H,37,43)/t24-/m0/s1. The molecule has 0 unspecified atom stereocenters. The average Bonchev–Trinajstić information content (AvgIpc) is 3.35. The second-order valence-electron chi connectivity index (χ2n) is 13.0. The fraction of sp³-hybridized carbons (Fsp3) is 0.677. The molecule has 2 aromatic rings. The van der Waals surface area contributed by atoms with Crippen molar-refractivity contribution in [3.05, 3.63) is 35.0 Å². The number of β-amino-alcohol motifs (C(OH)–C–C–N with tert-alkyl or cyclic N) is 1. The van der Waals surface area contributed by atoms with Crippen LogP contribution in [0, 0.1) is 0 Å². The van der Waals surface area contributed by atoms with Gasteiger partial charge in [0.1, 0.15) is 0 Å². The number of aromatic nitrogens is 2. The monoisotopic (exact) mass is 722 g/mol. The van der Waals surface area contributed by atoms with E-state index in [0.717, 1.165) is 42.6 Å². The predicted molar refractivity (Wildman–Crippen MR) is 172 cm³/mol. The third-order valence-corrected chi connectivity index (χ3v) is 11.5. The lowest BCUT2D eigenvalue weighted by molar-refractivity contribution is -0.139. The minimum absolute atomic E-state index is 0.000645. The number of rotatable bonds is 11. The van der Waals surface area contributed by atoms with Gasteiger partial charge in [-0.2, -0.15) is 22.6 Å². The van der Waals surface area contributed by atoms with Crippen LogP contribution >= 0.6 is 11.8 Å². The highest BCUT2D eigenvalue weighted by Gasteiger charge is 2.36. The Kier molecular flexibility index (Phi) is 11.5. The van der Waals surface area contributed by atoms with Gasteiger partial charge in [0.15, 0.2) is 0 Å². The molecule has 0 radical (unpaired) electrons. The fourth-order valence-corrected chi connectivity index (χ4v) is 8.55. The number of benzene rings is 1. The lowest BCUT2D eigenvalue weighted by Crippen LogP contribution is -2.46. The first kappa shape index (κ1) is 37.0. The number of nitrogens with zero attached hydrogens (tertiary/aromatic N) is 5.